The standard InChI is InChI=1S/C14H15ClN2S/c1-9-4-10(2)6-12(5-9)8-18-14-7-13(15)16-11(3)17-14/h4-7H,8H2,1-3H3. The zero-order valence-corrected chi connectivity index (χ0v) is 12.3. The van der Waals surface area contributed by atoms with Gasteiger partial charge < -0.3 is 0 Å². The van der Waals surface area contributed by atoms with Crippen molar-refractivity contribution in [1.29, 1.82) is 0 Å². The van der Waals surface area contributed by atoms with Crippen molar-refractivity contribution in [1.82, 2.24) is 9.97 Å². The first-order valence-corrected chi connectivity index (χ1v) is 7.10. The van der Waals surface area contributed by atoms with E-state index in [0.29, 0.717) is 11.0 Å². The van der Waals surface area contributed by atoms with Crippen LogP contribution in [0.2, 0.25) is 5.15 Å². The van der Waals surface area contributed by atoms with E-state index in [9.17, 15) is 0 Å². The second-order valence-corrected chi connectivity index (χ2v) is 5.74. The van der Waals surface area contributed by atoms with Gasteiger partial charge in [-0.15, -0.1) is 11.8 Å². The highest BCUT2D eigenvalue weighted by molar-refractivity contribution is 7.98. The summed E-state index contributed by atoms with van der Waals surface area (Å²) >= 11 is 7.60. The number of aryl methyl sites for hydroxylation is 3. The summed E-state index contributed by atoms with van der Waals surface area (Å²) in [6.45, 7) is 6.09. The highest BCUT2D eigenvalue weighted by Crippen LogP contribution is 2.23. The predicted molar refractivity (Wildman–Crippen MR) is 77.3 cm³/mol. The molecule has 0 aliphatic rings. The quantitative estimate of drug-likeness (QED) is 0.617. The first-order valence-electron chi connectivity index (χ1n) is 5.74. The molecule has 1 aromatic heterocycles. The smallest absolute Gasteiger partial charge is 0.133 e. The molecule has 94 valence electrons. The van der Waals surface area contributed by atoms with Crippen LogP contribution in [0.15, 0.2) is 29.3 Å². The number of thioether (sulfide) groups is 1. The highest BCUT2D eigenvalue weighted by Gasteiger charge is 2.02. The average molecular weight is 279 g/mol. The molecule has 0 saturated carbocycles. The summed E-state index contributed by atoms with van der Waals surface area (Å²) in [5, 5.41) is 1.43. The molecule has 4 heteroatoms. The lowest BCUT2D eigenvalue weighted by atomic mass is 10.1. The average Bonchev–Trinajstić information content (AvgIpc) is 2.23. The van der Waals surface area contributed by atoms with Gasteiger partial charge in [-0.25, -0.2) is 9.97 Å². The van der Waals surface area contributed by atoms with Crippen molar-refractivity contribution in [2.24, 2.45) is 0 Å². The Hall–Kier alpha value is -1.06. The lowest BCUT2D eigenvalue weighted by molar-refractivity contribution is 0.967. The minimum absolute atomic E-state index is 0.505. The third-order valence-corrected chi connectivity index (χ3v) is 3.63. The number of hydrogen-bond donors (Lipinski definition) is 0. The molecule has 2 aromatic rings. The SMILES string of the molecule is Cc1cc(C)cc(CSc2cc(Cl)nc(C)n2)c1. The highest BCUT2D eigenvalue weighted by atomic mass is 35.5. The third-order valence-electron chi connectivity index (χ3n) is 2.45. The van der Waals surface area contributed by atoms with Crippen LogP contribution in [0.5, 0.6) is 0 Å². The van der Waals surface area contributed by atoms with E-state index in [0.717, 1.165) is 10.8 Å². The molecule has 0 spiro atoms. The fraction of sp³-hybridized carbons (Fsp3) is 0.286. The topological polar surface area (TPSA) is 25.8 Å². The van der Waals surface area contributed by atoms with Crippen molar-refractivity contribution >= 4 is 23.4 Å². The van der Waals surface area contributed by atoms with Crippen LogP contribution >= 0.6 is 23.4 Å². The number of hydrogen-bond acceptors (Lipinski definition) is 3. The molecular formula is C14H15ClN2S. The first kappa shape index (κ1) is 13.4. The van der Waals surface area contributed by atoms with E-state index in [-0.39, 0.29) is 0 Å². The van der Waals surface area contributed by atoms with Crippen molar-refractivity contribution < 1.29 is 0 Å². The normalized spacial score (nSPS) is 10.7. The van der Waals surface area contributed by atoms with Crippen LogP contribution in [0.1, 0.15) is 22.5 Å². The van der Waals surface area contributed by atoms with Gasteiger partial charge in [0.15, 0.2) is 0 Å². The summed E-state index contributed by atoms with van der Waals surface area (Å²) in [7, 11) is 0. The van der Waals surface area contributed by atoms with E-state index < -0.39 is 0 Å². The van der Waals surface area contributed by atoms with Gasteiger partial charge in [-0.1, -0.05) is 40.9 Å². The van der Waals surface area contributed by atoms with E-state index in [1.807, 2.05) is 13.0 Å². The molecule has 0 radical (unpaired) electrons. The lowest BCUT2D eigenvalue weighted by Gasteiger charge is -2.05. The molecule has 0 unspecified atom stereocenters. The van der Waals surface area contributed by atoms with Gasteiger partial charge in [-0.3, -0.25) is 0 Å². The monoisotopic (exact) mass is 278 g/mol. The molecule has 0 atom stereocenters. The van der Waals surface area contributed by atoms with Gasteiger partial charge in [0.1, 0.15) is 16.0 Å². The number of rotatable bonds is 3. The lowest BCUT2D eigenvalue weighted by Crippen LogP contribution is -1.91. The summed E-state index contributed by atoms with van der Waals surface area (Å²) in [5.41, 5.74) is 3.90. The Morgan fingerprint density at radius 1 is 1.00 bits per heavy atom. The third kappa shape index (κ3) is 3.72. The maximum absolute atomic E-state index is 5.92. The molecule has 0 aliphatic heterocycles. The molecule has 2 nitrogen and oxygen atoms in total. The van der Waals surface area contributed by atoms with Gasteiger partial charge in [0.2, 0.25) is 0 Å². The molecule has 0 aliphatic carbocycles. The molecular weight excluding hydrogens is 264 g/mol. The number of halogens is 1. The van der Waals surface area contributed by atoms with Crippen LogP contribution in [0.25, 0.3) is 0 Å². The molecule has 1 aromatic carbocycles. The van der Waals surface area contributed by atoms with Crippen LogP contribution in [0.3, 0.4) is 0 Å². The summed E-state index contributed by atoms with van der Waals surface area (Å²) in [6, 6.07) is 8.40. The molecule has 0 saturated heterocycles. The number of benzene rings is 1. The van der Waals surface area contributed by atoms with E-state index in [2.05, 4.69) is 42.0 Å². The van der Waals surface area contributed by atoms with Gasteiger partial charge in [-0.05, 0) is 26.3 Å². The molecule has 0 amide bonds. The summed E-state index contributed by atoms with van der Waals surface area (Å²) in [6.07, 6.45) is 0. The molecule has 0 N–H and O–H groups in total. The largest absolute Gasteiger partial charge is 0.227 e. The second kappa shape index (κ2) is 5.72. The van der Waals surface area contributed by atoms with Gasteiger partial charge in [0.25, 0.3) is 0 Å². The number of nitrogens with zero attached hydrogens (tertiary/aromatic N) is 2. The van der Waals surface area contributed by atoms with Crippen LogP contribution < -0.4 is 0 Å². The Balaban J connectivity index is 2.11. The van der Waals surface area contributed by atoms with E-state index in [1.54, 1.807) is 11.8 Å². The zero-order valence-electron chi connectivity index (χ0n) is 10.7. The Morgan fingerprint density at radius 3 is 2.28 bits per heavy atom. The first-order chi connectivity index (χ1) is 8.52. The molecule has 2 rings (SSSR count). The van der Waals surface area contributed by atoms with Gasteiger partial charge in [0.05, 0.1) is 0 Å². The van der Waals surface area contributed by atoms with Crippen LogP contribution in [-0.4, -0.2) is 9.97 Å². The molecule has 18 heavy (non-hydrogen) atoms. The number of aromatic nitrogens is 2. The maximum Gasteiger partial charge on any atom is 0.133 e. The Morgan fingerprint density at radius 2 is 1.67 bits per heavy atom. The van der Waals surface area contributed by atoms with Gasteiger partial charge in [-0.2, -0.15) is 0 Å². The predicted octanol–water partition coefficient (Wildman–Crippen LogP) is 4.35. The molecule has 1 heterocycles. The maximum atomic E-state index is 5.92. The fourth-order valence-electron chi connectivity index (χ4n) is 1.89. The molecule has 0 bridgehead atoms. The Bertz CT molecular complexity index is 478. The van der Waals surface area contributed by atoms with Crippen molar-refractivity contribution in [2.45, 2.75) is 31.6 Å². The van der Waals surface area contributed by atoms with Gasteiger partial charge >= 0.3 is 0 Å². The van der Waals surface area contributed by atoms with Crippen molar-refractivity contribution in [2.75, 3.05) is 0 Å². The van der Waals surface area contributed by atoms with E-state index in [4.69, 9.17) is 11.6 Å². The minimum Gasteiger partial charge on any atom is -0.227 e. The van der Waals surface area contributed by atoms with E-state index >= 15 is 0 Å². The van der Waals surface area contributed by atoms with Crippen LogP contribution in [-0.2, 0) is 5.75 Å². The summed E-state index contributed by atoms with van der Waals surface area (Å²) in [4.78, 5) is 8.42. The van der Waals surface area contributed by atoms with Crippen molar-refractivity contribution in [3.8, 4) is 0 Å². The Labute approximate surface area is 117 Å². The summed E-state index contributed by atoms with van der Waals surface area (Å²) in [5.74, 6) is 1.61. The second-order valence-electron chi connectivity index (χ2n) is 4.36. The van der Waals surface area contributed by atoms with Gasteiger partial charge in [0, 0.05) is 11.8 Å². The minimum atomic E-state index is 0.505. The van der Waals surface area contributed by atoms with Crippen molar-refractivity contribution in [3.63, 3.8) is 0 Å². The van der Waals surface area contributed by atoms with Crippen LogP contribution in [0, 0.1) is 20.8 Å². The van der Waals surface area contributed by atoms with Crippen LogP contribution in [0.4, 0.5) is 0 Å². The fourth-order valence-corrected chi connectivity index (χ4v) is 3.05. The zero-order chi connectivity index (χ0) is 13.1. The Kier molecular flexibility index (Phi) is 4.25. The van der Waals surface area contributed by atoms with E-state index in [1.165, 1.54) is 16.7 Å². The molecule has 0 fully saturated rings. The summed E-state index contributed by atoms with van der Waals surface area (Å²) < 4.78 is 0. The van der Waals surface area contributed by atoms with Crippen molar-refractivity contribution in [3.05, 3.63) is 51.9 Å².